The van der Waals surface area contributed by atoms with E-state index in [2.05, 4.69) is 28.7 Å². The highest BCUT2D eigenvalue weighted by molar-refractivity contribution is 5.43. The van der Waals surface area contributed by atoms with E-state index in [-0.39, 0.29) is 5.82 Å². The zero-order chi connectivity index (χ0) is 19.4. The Labute approximate surface area is 163 Å². The van der Waals surface area contributed by atoms with Crippen LogP contribution in [0.15, 0.2) is 12.1 Å². The normalized spacial score (nSPS) is 22.0. The summed E-state index contributed by atoms with van der Waals surface area (Å²) in [4.78, 5) is 7.41. The Morgan fingerprint density at radius 2 is 1.59 bits per heavy atom. The van der Waals surface area contributed by atoms with E-state index in [0.717, 1.165) is 19.0 Å². The predicted molar refractivity (Wildman–Crippen MR) is 106 cm³/mol. The minimum Gasteiger partial charge on any atom is -0.493 e. The second-order valence-corrected chi connectivity index (χ2v) is 7.99. The van der Waals surface area contributed by atoms with E-state index >= 15 is 0 Å². The Morgan fingerprint density at radius 3 is 2.19 bits per heavy atom. The zero-order valence-corrected chi connectivity index (χ0v) is 17.2. The van der Waals surface area contributed by atoms with Crippen LogP contribution < -0.4 is 9.47 Å². The summed E-state index contributed by atoms with van der Waals surface area (Å²) in [5, 5.41) is 0. The van der Waals surface area contributed by atoms with Gasteiger partial charge >= 0.3 is 0 Å². The minimum absolute atomic E-state index is 0.222. The highest BCUT2D eigenvalue weighted by Gasteiger charge is 2.29. The van der Waals surface area contributed by atoms with Crippen molar-refractivity contribution in [3.8, 4) is 11.5 Å². The van der Waals surface area contributed by atoms with Crippen molar-refractivity contribution >= 4 is 0 Å². The van der Waals surface area contributed by atoms with Crippen molar-refractivity contribution in [3.05, 3.63) is 23.5 Å². The number of rotatable bonds is 6. The SMILES string of the molecule is COc1cc(F)c(CN2CCC([C@@H](C)N3CCN(C)CC3)CC2)cc1OC. The third-order valence-corrected chi connectivity index (χ3v) is 6.37. The first-order valence-corrected chi connectivity index (χ1v) is 10.1. The molecule has 0 radical (unpaired) electrons. The number of piperazine rings is 1. The van der Waals surface area contributed by atoms with Crippen LogP contribution in [0.1, 0.15) is 25.3 Å². The molecule has 2 heterocycles. The number of benzene rings is 1. The summed E-state index contributed by atoms with van der Waals surface area (Å²) >= 11 is 0. The van der Waals surface area contributed by atoms with Crippen LogP contribution >= 0.6 is 0 Å². The van der Waals surface area contributed by atoms with E-state index < -0.39 is 0 Å². The maximum Gasteiger partial charge on any atom is 0.163 e. The van der Waals surface area contributed by atoms with Gasteiger partial charge in [0.05, 0.1) is 14.2 Å². The Balaban J connectivity index is 1.54. The molecule has 0 N–H and O–H groups in total. The van der Waals surface area contributed by atoms with Gasteiger partial charge in [-0.2, -0.15) is 0 Å². The Bertz CT molecular complexity index is 612. The lowest BCUT2D eigenvalue weighted by atomic mass is 9.89. The molecule has 0 saturated carbocycles. The van der Waals surface area contributed by atoms with E-state index in [1.54, 1.807) is 13.2 Å². The Hall–Kier alpha value is -1.37. The summed E-state index contributed by atoms with van der Waals surface area (Å²) in [7, 11) is 5.32. The van der Waals surface area contributed by atoms with Crippen LogP contribution in [-0.2, 0) is 6.54 Å². The van der Waals surface area contributed by atoms with Crippen molar-refractivity contribution in [1.82, 2.24) is 14.7 Å². The molecule has 1 aromatic rings. The lowest BCUT2D eigenvalue weighted by molar-refractivity contribution is 0.0596. The largest absolute Gasteiger partial charge is 0.493 e. The van der Waals surface area contributed by atoms with E-state index in [1.807, 2.05) is 0 Å². The van der Waals surface area contributed by atoms with Gasteiger partial charge in [-0.15, -0.1) is 0 Å². The average Bonchev–Trinajstić information content (AvgIpc) is 2.69. The molecular formula is C21H34FN3O2. The number of hydrogen-bond acceptors (Lipinski definition) is 5. The van der Waals surface area contributed by atoms with Crippen molar-refractivity contribution in [2.75, 3.05) is 60.5 Å². The van der Waals surface area contributed by atoms with Crippen LogP contribution in [0, 0.1) is 11.7 Å². The van der Waals surface area contributed by atoms with Crippen molar-refractivity contribution in [1.29, 1.82) is 0 Å². The molecule has 0 amide bonds. The molecular weight excluding hydrogens is 345 g/mol. The first kappa shape index (κ1) is 20.4. The molecule has 0 bridgehead atoms. The third kappa shape index (κ3) is 4.92. The van der Waals surface area contributed by atoms with Gasteiger partial charge < -0.3 is 14.4 Å². The van der Waals surface area contributed by atoms with Crippen molar-refractivity contribution in [3.63, 3.8) is 0 Å². The number of likely N-dealkylation sites (N-methyl/N-ethyl adjacent to an activating group) is 1. The van der Waals surface area contributed by atoms with Crippen molar-refractivity contribution in [2.45, 2.75) is 32.4 Å². The molecule has 0 spiro atoms. The topological polar surface area (TPSA) is 28.2 Å². The summed E-state index contributed by atoms with van der Waals surface area (Å²) in [6.07, 6.45) is 2.37. The lowest BCUT2D eigenvalue weighted by Crippen LogP contribution is -2.51. The average molecular weight is 380 g/mol. The van der Waals surface area contributed by atoms with Gasteiger partial charge in [0.15, 0.2) is 11.5 Å². The first-order chi connectivity index (χ1) is 13.0. The maximum atomic E-state index is 14.4. The monoisotopic (exact) mass is 379 g/mol. The van der Waals surface area contributed by atoms with Crippen LogP contribution in [-0.4, -0.2) is 81.3 Å². The van der Waals surface area contributed by atoms with Gasteiger partial charge in [-0.1, -0.05) is 0 Å². The van der Waals surface area contributed by atoms with Gasteiger partial charge in [-0.25, -0.2) is 4.39 Å². The quantitative estimate of drug-likeness (QED) is 0.758. The molecule has 2 aliphatic heterocycles. The zero-order valence-electron chi connectivity index (χ0n) is 17.2. The highest BCUT2D eigenvalue weighted by Crippen LogP contribution is 2.31. The maximum absolute atomic E-state index is 14.4. The van der Waals surface area contributed by atoms with Gasteiger partial charge in [0, 0.05) is 50.4 Å². The van der Waals surface area contributed by atoms with E-state index in [0.29, 0.717) is 29.6 Å². The molecule has 2 fully saturated rings. The third-order valence-electron chi connectivity index (χ3n) is 6.37. The van der Waals surface area contributed by atoms with Crippen LogP contribution in [0.25, 0.3) is 0 Å². The standard InChI is InChI=1S/C21H34FN3O2/c1-16(25-11-9-23(2)10-12-25)17-5-7-24(8-6-17)15-18-13-20(26-3)21(27-4)14-19(18)22/h13-14,16-17H,5-12,15H2,1-4H3/t16-/m1/s1. The Kier molecular flexibility index (Phi) is 6.95. The van der Waals surface area contributed by atoms with Gasteiger partial charge in [0.25, 0.3) is 0 Å². The van der Waals surface area contributed by atoms with E-state index in [1.165, 1.54) is 52.2 Å². The fourth-order valence-electron chi connectivity index (χ4n) is 4.38. The molecule has 27 heavy (non-hydrogen) atoms. The number of piperidine rings is 1. The van der Waals surface area contributed by atoms with Crippen molar-refractivity contribution in [2.24, 2.45) is 5.92 Å². The smallest absolute Gasteiger partial charge is 0.163 e. The van der Waals surface area contributed by atoms with Crippen LogP contribution in [0.5, 0.6) is 11.5 Å². The summed E-state index contributed by atoms with van der Waals surface area (Å²) < 4.78 is 24.9. The molecule has 2 aliphatic rings. The molecule has 152 valence electrons. The fourth-order valence-corrected chi connectivity index (χ4v) is 4.38. The molecule has 6 heteroatoms. The number of hydrogen-bond donors (Lipinski definition) is 0. The van der Waals surface area contributed by atoms with Crippen LogP contribution in [0.3, 0.4) is 0 Å². The van der Waals surface area contributed by atoms with Gasteiger partial charge in [0.1, 0.15) is 5.82 Å². The Morgan fingerprint density at radius 1 is 1.00 bits per heavy atom. The van der Waals surface area contributed by atoms with Gasteiger partial charge in [-0.3, -0.25) is 9.80 Å². The highest BCUT2D eigenvalue weighted by atomic mass is 19.1. The number of nitrogens with zero attached hydrogens (tertiary/aromatic N) is 3. The number of halogens is 1. The molecule has 1 aromatic carbocycles. The summed E-state index contributed by atoms with van der Waals surface area (Å²) in [5.74, 6) is 1.55. The van der Waals surface area contributed by atoms with Crippen molar-refractivity contribution < 1.29 is 13.9 Å². The predicted octanol–water partition coefficient (Wildman–Crippen LogP) is 2.69. The minimum atomic E-state index is -0.222. The van der Waals surface area contributed by atoms with Crippen LogP contribution in [0.2, 0.25) is 0 Å². The first-order valence-electron chi connectivity index (χ1n) is 10.1. The van der Waals surface area contributed by atoms with Gasteiger partial charge in [-0.05, 0) is 51.9 Å². The molecule has 0 aromatic heterocycles. The molecule has 2 saturated heterocycles. The van der Waals surface area contributed by atoms with Crippen LogP contribution in [0.4, 0.5) is 4.39 Å². The summed E-state index contributed by atoms with van der Waals surface area (Å²) in [6.45, 7) is 9.75. The van der Waals surface area contributed by atoms with E-state index in [4.69, 9.17) is 9.47 Å². The van der Waals surface area contributed by atoms with Gasteiger partial charge in [0.2, 0.25) is 0 Å². The second-order valence-electron chi connectivity index (χ2n) is 7.99. The fraction of sp³-hybridized carbons (Fsp3) is 0.714. The second kappa shape index (κ2) is 9.22. The number of ether oxygens (including phenoxy) is 2. The molecule has 5 nitrogen and oxygen atoms in total. The summed E-state index contributed by atoms with van der Waals surface area (Å²) in [5.41, 5.74) is 0.679. The lowest BCUT2D eigenvalue weighted by Gasteiger charge is -2.42. The summed E-state index contributed by atoms with van der Waals surface area (Å²) in [6, 6.07) is 3.84. The number of methoxy groups -OCH3 is 2. The molecule has 0 unspecified atom stereocenters. The molecule has 3 rings (SSSR count). The molecule has 1 atom stereocenters. The van der Waals surface area contributed by atoms with E-state index in [9.17, 15) is 4.39 Å². The molecule has 0 aliphatic carbocycles. The number of likely N-dealkylation sites (tertiary alicyclic amines) is 1.